The first-order valence-corrected chi connectivity index (χ1v) is 11.4. The van der Waals surface area contributed by atoms with Crippen molar-refractivity contribution in [3.8, 4) is 0 Å². The van der Waals surface area contributed by atoms with Crippen molar-refractivity contribution in [2.45, 2.75) is 50.5 Å². The summed E-state index contributed by atoms with van der Waals surface area (Å²) in [6.45, 7) is 5.94. The fourth-order valence-corrected chi connectivity index (χ4v) is 4.99. The number of hydrogen-bond acceptors (Lipinski definition) is 6. The summed E-state index contributed by atoms with van der Waals surface area (Å²) < 4.78 is 6.14. The van der Waals surface area contributed by atoms with E-state index in [4.69, 9.17) is 14.7 Å². The van der Waals surface area contributed by atoms with Gasteiger partial charge >= 0.3 is 0 Å². The van der Waals surface area contributed by atoms with Gasteiger partial charge in [-0.05, 0) is 37.1 Å². The first-order valence-electron chi connectivity index (χ1n) is 9.40. The summed E-state index contributed by atoms with van der Waals surface area (Å²) in [5.74, 6) is 0.970. The Morgan fingerprint density at radius 2 is 2.07 bits per heavy atom. The molecule has 0 spiro atoms. The molecular weight excluding hydrogens is 374 g/mol. The number of nitrogens with one attached hydrogen (secondary N) is 1. The Bertz CT molecular complexity index is 941. The molecule has 1 N–H and O–H groups in total. The van der Waals surface area contributed by atoms with Gasteiger partial charge in [-0.25, -0.2) is 9.97 Å². The molecule has 0 fully saturated rings. The van der Waals surface area contributed by atoms with Crippen LogP contribution in [-0.2, 0) is 24.2 Å². The van der Waals surface area contributed by atoms with Gasteiger partial charge in [0, 0.05) is 17.8 Å². The van der Waals surface area contributed by atoms with Crippen LogP contribution in [0.25, 0.3) is 10.2 Å². The number of benzene rings is 1. The standard InChI is InChI=1S/C21H25N3OS2/c1-4-21(2)12-15-16(13-25-21)27-19-17(15)18(23-20(24-19)26-3)22-11-10-14-8-6-5-7-9-14/h5-9H,4,10-13H2,1-3H3,(H,22,23,24)/t21-/m0/s1. The molecule has 3 heterocycles. The SMILES string of the molecule is CC[C@@]1(C)Cc2c(sc3nc(SC)nc(NCCc4ccccc4)c23)CO1. The van der Waals surface area contributed by atoms with E-state index < -0.39 is 0 Å². The van der Waals surface area contributed by atoms with Crippen LogP contribution in [0.4, 0.5) is 5.82 Å². The summed E-state index contributed by atoms with van der Waals surface area (Å²) >= 11 is 3.35. The minimum absolute atomic E-state index is 0.0967. The summed E-state index contributed by atoms with van der Waals surface area (Å²) in [6, 6.07) is 10.6. The predicted octanol–water partition coefficient (Wildman–Crippen LogP) is 5.31. The average molecular weight is 400 g/mol. The van der Waals surface area contributed by atoms with Crippen LogP contribution in [0.5, 0.6) is 0 Å². The van der Waals surface area contributed by atoms with Gasteiger partial charge in [-0.2, -0.15) is 0 Å². The molecule has 1 aliphatic heterocycles. The number of thiophene rings is 1. The molecule has 27 heavy (non-hydrogen) atoms. The summed E-state index contributed by atoms with van der Waals surface area (Å²) in [4.78, 5) is 12.0. The van der Waals surface area contributed by atoms with E-state index in [2.05, 4.69) is 49.5 Å². The van der Waals surface area contributed by atoms with Crippen LogP contribution in [0.3, 0.4) is 0 Å². The summed E-state index contributed by atoms with van der Waals surface area (Å²) in [6.07, 6.45) is 4.93. The first kappa shape index (κ1) is 18.7. The first-order chi connectivity index (χ1) is 13.1. The lowest BCUT2D eigenvalue weighted by atomic mass is 9.90. The molecule has 3 aromatic rings. The lowest BCUT2D eigenvalue weighted by molar-refractivity contribution is -0.0542. The number of nitrogens with zero attached hydrogens (tertiary/aromatic N) is 2. The van der Waals surface area contributed by atoms with Crippen LogP contribution in [0.2, 0.25) is 0 Å². The van der Waals surface area contributed by atoms with Gasteiger partial charge in [-0.15, -0.1) is 11.3 Å². The molecule has 1 aromatic carbocycles. The highest BCUT2D eigenvalue weighted by atomic mass is 32.2. The molecule has 142 valence electrons. The van der Waals surface area contributed by atoms with Crippen LogP contribution in [0.15, 0.2) is 35.5 Å². The molecule has 6 heteroatoms. The number of aromatic nitrogens is 2. The monoisotopic (exact) mass is 399 g/mol. The fraction of sp³-hybridized carbons (Fsp3) is 0.429. The van der Waals surface area contributed by atoms with Crippen molar-refractivity contribution in [2.75, 3.05) is 18.1 Å². The van der Waals surface area contributed by atoms with Crippen molar-refractivity contribution < 1.29 is 4.74 Å². The van der Waals surface area contributed by atoms with E-state index >= 15 is 0 Å². The molecule has 2 aromatic heterocycles. The lowest BCUT2D eigenvalue weighted by Gasteiger charge is -2.33. The van der Waals surface area contributed by atoms with Crippen molar-refractivity contribution in [1.29, 1.82) is 0 Å². The van der Waals surface area contributed by atoms with Crippen LogP contribution in [0.1, 0.15) is 36.3 Å². The Kier molecular flexibility index (Phi) is 5.39. The van der Waals surface area contributed by atoms with Gasteiger partial charge in [-0.3, -0.25) is 0 Å². The molecule has 0 saturated heterocycles. The minimum atomic E-state index is -0.0967. The van der Waals surface area contributed by atoms with Gasteiger partial charge in [0.25, 0.3) is 0 Å². The highest BCUT2D eigenvalue weighted by Gasteiger charge is 2.33. The Balaban J connectivity index is 1.67. The summed E-state index contributed by atoms with van der Waals surface area (Å²) in [7, 11) is 0. The largest absolute Gasteiger partial charge is 0.369 e. The molecular formula is C21H25N3OS2. The Hall–Kier alpha value is -1.63. The van der Waals surface area contributed by atoms with Gasteiger partial charge in [0.05, 0.1) is 17.6 Å². The van der Waals surface area contributed by atoms with Gasteiger partial charge in [0.1, 0.15) is 10.6 Å². The average Bonchev–Trinajstić information content (AvgIpc) is 3.06. The number of hydrogen-bond donors (Lipinski definition) is 1. The van der Waals surface area contributed by atoms with Crippen molar-refractivity contribution in [1.82, 2.24) is 9.97 Å². The van der Waals surface area contributed by atoms with Crippen molar-refractivity contribution >= 4 is 39.1 Å². The van der Waals surface area contributed by atoms with Gasteiger partial charge in [0.2, 0.25) is 0 Å². The minimum Gasteiger partial charge on any atom is -0.369 e. The van der Waals surface area contributed by atoms with Crippen LogP contribution >= 0.6 is 23.1 Å². The van der Waals surface area contributed by atoms with Crippen molar-refractivity contribution in [3.05, 3.63) is 46.3 Å². The number of ether oxygens (including phenoxy) is 1. The van der Waals surface area contributed by atoms with E-state index in [9.17, 15) is 0 Å². The number of fused-ring (bicyclic) bond motifs is 3. The van der Waals surface area contributed by atoms with Crippen molar-refractivity contribution in [3.63, 3.8) is 0 Å². The van der Waals surface area contributed by atoms with Gasteiger partial charge < -0.3 is 10.1 Å². The van der Waals surface area contributed by atoms with E-state index in [0.29, 0.717) is 6.61 Å². The molecule has 0 unspecified atom stereocenters. The molecule has 0 aliphatic carbocycles. The third kappa shape index (κ3) is 3.84. The maximum atomic E-state index is 6.14. The van der Waals surface area contributed by atoms with Crippen LogP contribution < -0.4 is 5.32 Å². The Morgan fingerprint density at radius 1 is 1.26 bits per heavy atom. The zero-order valence-corrected chi connectivity index (χ0v) is 17.7. The zero-order chi connectivity index (χ0) is 18.9. The second-order valence-corrected chi connectivity index (χ2v) is 9.03. The van der Waals surface area contributed by atoms with E-state index in [1.807, 2.05) is 6.26 Å². The number of thioether (sulfide) groups is 1. The maximum absolute atomic E-state index is 6.14. The molecule has 1 atom stereocenters. The van der Waals surface area contributed by atoms with Crippen LogP contribution in [-0.4, -0.2) is 28.4 Å². The Morgan fingerprint density at radius 3 is 2.81 bits per heavy atom. The summed E-state index contributed by atoms with van der Waals surface area (Å²) in [5, 5.41) is 5.61. The van der Waals surface area contributed by atoms with Gasteiger partial charge in [0.15, 0.2) is 5.16 Å². The van der Waals surface area contributed by atoms with Gasteiger partial charge in [-0.1, -0.05) is 49.0 Å². The predicted molar refractivity (Wildman–Crippen MR) is 115 cm³/mol. The second-order valence-electron chi connectivity index (χ2n) is 7.17. The van der Waals surface area contributed by atoms with E-state index in [-0.39, 0.29) is 5.60 Å². The molecule has 4 rings (SSSR count). The maximum Gasteiger partial charge on any atom is 0.190 e. The molecule has 4 nitrogen and oxygen atoms in total. The van der Waals surface area contributed by atoms with Crippen molar-refractivity contribution in [2.24, 2.45) is 0 Å². The topological polar surface area (TPSA) is 47.0 Å². The molecule has 1 aliphatic rings. The van der Waals surface area contributed by atoms with Crippen LogP contribution in [0, 0.1) is 0 Å². The normalized spacial score (nSPS) is 19.2. The van der Waals surface area contributed by atoms with E-state index in [1.54, 1.807) is 23.1 Å². The summed E-state index contributed by atoms with van der Waals surface area (Å²) in [5.41, 5.74) is 2.61. The number of anilines is 1. The zero-order valence-electron chi connectivity index (χ0n) is 16.0. The highest BCUT2D eigenvalue weighted by molar-refractivity contribution is 7.98. The smallest absolute Gasteiger partial charge is 0.190 e. The Labute approximate surface area is 168 Å². The molecule has 0 saturated carbocycles. The van der Waals surface area contributed by atoms with E-state index in [1.165, 1.54) is 21.4 Å². The third-order valence-electron chi connectivity index (χ3n) is 5.30. The fourth-order valence-electron chi connectivity index (χ4n) is 3.47. The molecule has 0 bridgehead atoms. The lowest BCUT2D eigenvalue weighted by Crippen LogP contribution is -2.34. The molecule has 0 radical (unpaired) electrons. The van der Waals surface area contributed by atoms with E-state index in [0.717, 1.165) is 41.6 Å². The highest BCUT2D eigenvalue weighted by Crippen LogP contribution is 2.42. The third-order valence-corrected chi connectivity index (χ3v) is 6.94. The number of rotatable bonds is 6. The quantitative estimate of drug-likeness (QED) is 0.450. The second kappa shape index (κ2) is 7.78. The molecule has 0 amide bonds.